The number of carbonyl (C=O) groups is 2. The Balaban J connectivity index is 1.36. The van der Waals surface area contributed by atoms with E-state index >= 15 is 0 Å². The van der Waals surface area contributed by atoms with E-state index in [1.54, 1.807) is 4.90 Å². The van der Waals surface area contributed by atoms with Gasteiger partial charge < -0.3 is 15.1 Å². The summed E-state index contributed by atoms with van der Waals surface area (Å²) in [6, 6.07) is 8.55. The topological polar surface area (TPSA) is 52.7 Å². The van der Waals surface area contributed by atoms with Crippen LogP contribution in [0.1, 0.15) is 57.8 Å². The highest BCUT2D eigenvalue weighted by molar-refractivity contribution is 6.00. The van der Waals surface area contributed by atoms with E-state index in [2.05, 4.69) is 22.3 Å². The van der Waals surface area contributed by atoms with E-state index < -0.39 is 0 Å². The number of carbonyl (C=O) groups excluding carboxylic acids is 2. The fourth-order valence-electron chi connectivity index (χ4n) is 4.69. The number of nitrogens with one attached hydrogen (secondary N) is 1. The Bertz CT molecular complexity index is 659. The van der Waals surface area contributed by atoms with Crippen molar-refractivity contribution in [2.24, 2.45) is 5.92 Å². The molecule has 1 unspecified atom stereocenters. The smallest absolute Gasteiger partial charge is 0.227 e. The molecule has 2 saturated heterocycles. The van der Waals surface area contributed by atoms with Gasteiger partial charge in [-0.05, 0) is 49.9 Å². The fourth-order valence-corrected chi connectivity index (χ4v) is 4.69. The van der Waals surface area contributed by atoms with Gasteiger partial charge in [0.2, 0.25) is 11.8 Å². The zero-order chi connectivity index (χ0) is 18.6. The van der Waals surface area contributed by atoms with Crippen LogP contribution in [-0.4, -0.2) is 37.5 Å². The maximum absolute atomic E-state index is 12.7. The molecule has 2 heterocycles. The van der Waals surface area contributed by atoms with Crippen molar-refractivity contribution in [2.75, 3.05) is 29.4 Å². The maximum atomic E-state index is 12.7. The van der Waals surface area contributed by atoms with Crippen LogP contribution in [0.2, 0.25) is 0 Å². The summed E-state index contributed by atoms with van der Waals surface area (Å²) < 4.78 is 0. The van der Waals surface area contributed by atoms with Crippen LogP contribution in [0.3, 0.4) is 0 Å². The van der Waals surface area contributed by atoms with Gasteiger partial charge in [-0.3, -0.25) is 9.59 Å². The molecule has 2 amide bonds. The number of nitrogens with zero attached hydrogens (tertiary/aromatic N) is 2. The molecule has 2 aliphatic heterocycles. The van der Waals surface area contributed by atoms with E-state index in [-0.39, 0.29) is 17.7 Å². The van der Waals surface area contributed by atoms with Crippen molar-refractivity contribution < 1.29 is 9.59 Å². The van der Waals surface area contributed by atoms with Gasteiger partial charge in [0.25, 0.3) is 0 Å². The molecular weight excluding hydrogens is 338 g/mol. The molecule has 3 fully saturated rings. The van der Waals surface area contributed by atoms with Gasteiger partial charge in [-0.15, -0.1) is 0 Å². The van der Waals surface area contributed by atoms with Crippen LogP contribution in [0.4, 0.5) is 11.4 Å². The number of anilines is 2. The molecule has 5 nitrogen and oxygen atoms in total. The van der Waals surface area contributed by atoms with Gasteiger partial charge >= 0.3 is 0 Å². The predicted octanol–water partition coefficient (Wildman–Crippen LogP) is 3.48. The maximum Gasteiger partial charge on any atom is 0.227 e. The second kappa shape index (κ2) is 8.32. The van der Waals surface area contributed by atoms with Crippen molar-refractivity contribution in [1.82, 2.24) is 5.32 Å². The molecule has 1 atom stereocenters. The summed E-state index contributed by atoms with van der Waals surface area (Å²) in [5.74, 6) is -0.101. The van der Waals surface area contributed by atoms with Gasteiger partial charge in [0.1, 0.15) is 0 Å². The van der Waals surface area contributed by atoms with E-state index in [1.165, 1.54) is 44.2 Å². The Morgan fingerprint density at radius 3 is 2.19 bits per heavy atom. The average molecular weight is 370 g/mol. The number of rotatable bonds is 4. The molecule has 5 heteroatoms. The van der Waals surface area contributed by atoms with Gasteiger partial charge in [0.15, 0.2) is 0 Å². The molecule has 27 heavy (non-hydrogen) atoms. The summed E-state index contributed by atoms with van der Waals surface area (Å²) in [6.45, 7) is 2.73. The van der Waals surface area contributed by atoms with Crippen molar-refractivity contribution in [3.63, 3.8) is 0 Å². The quantitative estimate of drug-likeness (QED) is 0.827. The first kappa shape index (κ1) is 18.3. The van der Waals surface area contributed by atoms with Crippen LogP contribution in [-0.2, 0) is 9.59 Å². The van der Waals surface area contributed by atoms with Crippen LogP contribution in [0.15, 0.2) is 24.3 Å². The highest BCUT2D eigenvalue weighted by Crippen LogP contribution is 2.29. The van der Waals surface area contributed by atoms with Crippen molar-refractivity contribution in [1.29, 1.82) is 0 Å². The third-order valence-corrected chi connectivity index (χ3v) is 6.33. The predicted molar refractivity (Wildman–Crippen MR) is 108 cm³/mol. The Labute approximate surface area is 162 Å². The summed E-state index contributed by atoms with van der Waals surface area (Å²) in [5, 5.41) is 3.22. The number of benzene rings is 1. The Morgan fingerprint density at radius 2 is 1.52 bits per heavy atom. The second-order valence-corrected chi connectivity index (χ2v) is 8.31. The van der Waals surface area contributed by atoms with E-state index in [4.69, 9.17) is 0 Å². The molecule has 0 radical (unpaired) electrons. The van der Waals surface area contributed by atoms with Gasteiger partial charge in [-0.1, -0.05) is 25.7 Å². The molecule has 1 aromatic carbocycles. The minimum Gasteiger partial charge on any atom is -0.372 e. The van der Waals surface area contributed by atoms with Crippen molar-refractivity contribution in [3.05, 3.63) is 24.3 Å². The lowest BCUT2D eigenvalue weighted by Gasteiger charge is -2.21. The molecule has 1 N–H and O–H groups in total. The van der Waals surface area contributed by atoms with Crippen LogP contribution in [0, 0.1) is 5.92 Å². The number of amides is 2. The Kier molecular flexibility index (Phi) is 5.65. The van der Waals surface area contributed by atoms with Gasteiger partial charge in [-0.2, -0.15) is 0 Å². The average Bonchev–Trinajstić information content (AvgIpc) is 3.27. The van der Waals surface area contributed by atoms with Crippen molar-refractivity contribution in [3.8, 4) is 0 Å². The first-order valence-electron chi connectivity index (χ1n) is 10.7. The zero-order valence-electron chi connectivity index (χ0n) is 16.2. The molecule has 0 aromatic heterocycles. The Morgan fingerprint density at radius 1 is 0.889 bits per heavy atom. The summed E-state index contributed by atoms with van der Waals surface area (Å²) in [5.41, 5.74) is 2.14. The lowest BCUT2D eigenvalue weighted by atomic mass is 10.0. The molecular formula is C22H31N3O2. The van der Waals surface area contributed by atoms with Crippen LogP contribution >= 0.6 is 0 Å². The second-order valence-electron chi connectivity index (χ2n) is 8.31. The van der Waals surface area contributed by atoms with E-state index in [1.807, 2.05) is 12.1 Å². The molecule has 146 valence electrons. The van der Waals surface area contributed by atoms with E-state index in [9.17, 15) is 9.59 Å². The zero-order valence-corrected chi connectivity index (χ0v) is 16.2. The fraction of sp³-hybridized carbons (Fsp3) is 0.636. The van der Waals surface area contributed by atoms with Crippen molar-refractivity contribution >= 4 is 23.2 Å². The summed E-state index contributed by atoms with van der Waals surface area (Å²) >= 11 is 0. The normalized spacial score (nSPS) is 24.3. The van der Waals surface area contributed by atoms with Crippen molar-refractivity contribution in [2.45, 2.75) is 63.8 Å². The monoisotopic (exact) mass is 369 g/mol. The van der Waals surface area contributed by atoms with Crippen LogP contribution < -0.4 is 15.1 Å². The number of hydrogen-bond donors (Lipinski definition) is 1. The molecule has 1 aliphatic carbocycles. The minimum atomic E-state index is -0.223. The van der Waals surface area contributed by atoms with Crippen LogP contribution in [0.25, 0.3) is 0 Å². The molecule has 3 aliphatic rings. The largest absolute Gasteiger partial charge is 0.372 e. The third-order valence-electron chi connectivity index (χ3n) is 6.33. The first-order chi connectivity index (χ1) is 13.2. The minimum absolute atomic E-state index is 0.0601. The van der Waals surface area contributed by atoms with Crippen LogP contribution in [0.5, 0.6) is 0 Å². The summed E-state index contributed by atoms with van der Waals surface area (Å²) in [7, 11) is 0. The first-order valence-corrected chi connectivity index (χ1v) is 10.7. The molecule has 1 aromatic rings. The van der Waals surface area contributed by atoms with Gasteiger partial charge in [0, 0.05) is 43.5 Å². The highest BCUT2D eigenvalue weighted by atomic mass is 16.2. The molecule has 1 saturated carbocycles. The molecule has 4 rings (SSSR count). The highest BCUT2D eigenvalue weighted by Gasteiger charge is 2.35. The molecule has 0 bridgehead atoms. The van der Waals surface area contributed by atoms with E-state index in [0.29, 0.717) is 19.0 Å². The van der Waals surface area contributed by atoms with Gasteiger partial charge in [0.05, 0.1) is 5.92 Å². The lowest BCUT2D eigenvalue weighted by Crippen LogP contribution is -2.39. The van der Waals surface area contributed by atoms with E-state index in [0.717, 1.165) is 31.6 Å². The standard InChI is InChI=1S/C22H31N3O2/c26-21-15-17(22(27)23-18-7-3-1-2-4-8-18)16-25(21)20-11-9-19(10-12-20)24-13-5-6-14-24/h9-12,17-18H,1-8,13-16H2,(H,23,27). The molecule has 0 spiro atoms. The van der Waals surface area contributed by atoms with Gasteiger partial charge in [-0.25, -0.2) is 0 Å². The summed E-state index contributed by atoms with van der Waals surface area (Å²) in [4.78, 5) is 29.4. The Hall–Kier alpha value is -2.04. The summed E-state index contributed by atoms with van der Waals surface area (Å²) in [6.07, 6.45) is 9.93. The SMILES string of the molecule is O=C(NC1CCCCCC1)C1CC(=O)N(c2ccc(N3CCCC3)cc2)C1. The lowest BCUT2D eigenvalue weighted by molar-refractivity contribution is -0.127. The third kappa shape index (κ3) is 4.28. The number of hydrogen-bond acceptors (Lipinski definition) is 3.